The number of cyclic esters (lactones) is 1. The quantitative estimate of drug-likeness (QED) is 0.800. The smallest absolute Gasteiger partial charge is 0.306 e. The van der Waals surface area contributed by atoms with E-state index in [-0.39, 0.29) is 37.3 Å². The van der Waals surface area contributed by atoms with Gasteiger partial charge in [-0.05, 0) is 18.1 Å². The molecule has 0 aliphatic carbocycles. The summed E-state index contributed by atoms with van der Waals surface area (Å²) in [4.78, 5) is 11.5. The number of benzene rings is 2. The third-order valence-corrected chi connectivity index (χ3v) is 3.85. The Labute approximate surface area is 132 Å². The Morgan fingerprint density at radius 2 is 1.96 bits per heavy atom. The van der Waals surface area contributed by atoms with Gasteiger partial charge in [0.05, 0.1) is 13.0 Å². The predicted octanol–water partition coefficient (Wildman–Crippen LogP) is 3.96. The number of esters is 1. The van der Waals surface area contributed by atoms with Gasteiger partial charge in [-0.2, -0.15) is 0 Å². The van der Waals surface area contributed by atoms with Crippen molar-refractivity contribution in [2.45, 2.75) is 25.4 Å². The lowest BCUT2D eigenvalue weighted by molar-refractivity contribution is -0.147. The second-order valence-corrected chi connectivity index (χ2v) is 5.49. The van der Waals surface area contributed by atoms with Crippen molar-refractivity contribution in [1.82, 2.24) is 0 Å². The molecule has 120 valence electrons. The van der Waals surface area contributed by atoms with E-state index in [0.29, 0.717) is 12.0 Å². The number of carbonyl (C=O) groups excluding carboxylic acids is 1. The Balaban J connectivity index is 1.87. The fourth-order valence-electron chi connectivity index (χ4n) is 2.71. The number of rotatable bonds is 4. The van der Waals surface area contributed by atoms with Crippen molar-refractivity contribution >= 4 is 5.97 Å². The Morgan fingerprint density at radius 3 is 2.70 bits per heavy atom. The molecule has 2 aromatic rings. The fraction of sp³-hybridized carbons (Fsp3) is 0.278. The van der Waals surface area contributed by atoms with Gasteiger partial charge < -0.3 is 9.47 Å². The van der Waals surface area contributed by atoms with Crippen LogP contribution in [0.1, 0.15) is 29.9 Å². The molecular weight excluding hydrogens is 302 g/mol. The zero-order valence-electron chi connectivity index (χ0n) is 12.4. The third kappa shape index (κ3) is 3.67. The van der Waals surface area contributed by atoms with Crippen LogP contribution in [0, 0.1) is 11.6 Å². The normalized spacial score (nSPS) is 17.7. The van der Waals surface area contributed by atoms with Gasteiger partial charge in [0.2, 0.25) is 0 Å². The fourth-order valence-corrected chi connectivity index (χ4v) is 2.71. The Morgan fingerprint density at radius 1 is 1.17 bits per heavy atom. The van der Waals surface area contributed by atoms with Crippen molar-refractivity contribution in [3.8, 4) is 5.75 Å². The Hall–Kier alpha value is -2.43. The van der Waals surface area contributed by atoms with Crippen LogP contribution in [0.25, 0.3) is 0 Å². The molecule has 0 spiro atoms. The molecule has 1 aliphatic heterocycles. The van der Waals surface area contributed by atoms with E-state index in [1.54, 1.807) is 0 Å². The van der Waals surface area contributed by atoms with E-state index in [1.165, 1.54) is 6.07 Å². The second kappa shape index (κ2) is 6.77. The molecule has 1 fully saturated rings. The van der Waals surface area contributed by atoms with Crippen LogP contribution in [0.3, 0.4) is 0 Å². The summed E-state index contributed by atoms with van der Waals surface area (Å²) in [6.07, 6.45) is 0.626. The van der Waals surface area contributed by atoms with E-state index in [1.807, 2.05) is 30.3 Å². The molecule has 0 aromatic heterocycles. The number of carbonyl (C=O) groups is 1. The average molecular weight is 318 g/mol. The molecule has 0 bridgehead atoms. The largest absolute Gasteiger partial charge is 0.486 e. The van der Waals surface area contributed by atoms with Gasteiger partial charge in [0, 0.05) is 17.5 Å². The van der Waals surface area contributed by atoms with Gasteiger partial charge in [-0.3, -0.25) is 4.79 Å². The highest BCUT2D eigenvalue weighted by Crippen LogP contribution is 2.36. The lowest BCUT2D eigenvalue weighted by Gasteiger charge is -2.24. The zero-order chi connectivity index (χ0) is 16.2. The molecule has 0 saturated carbocycles. The van der Waals surface area contributed by atoms with Crippen LogP contribution in [0.2, 0.25) is 0 Å². The molecule has 1 aliphatic rings. The standard InChI is InChI=1S/C18H16F2O3/c19-14-9-15(13-6-7-22-17(21)8-13)18(16(20)10-14)23-11-12-4-2-1-3-5-12/h1-5,9-10,13H,6-8,11H2. The minimum Gasteiger partial charge on any atom is -0.486 e. The van der Waals surface area contributed by atoms with Crippen LogP contribution >= 0.6 is 0 Å². The number of halogens is 2. The van der Waals surface area contributed by atoms with Gasteiger partial charge in [0.1, 0.15) is 12.4 Å². The van der Waals surface area contributed by atoms with E-state index in [0.717, 1.165) is 11.6 Å². The van der Waals surface area contributed by atoms with E-state index in [9.17, 15) is 13.6 Å². The highest BCUT2D eigenvalue weighted by Gasteiger charge is 2.27. The summed E-state index contributed by atoms with van der Waals surface area (Å²) in [7, 11) is 0. The number of ether oxygens (including phenoxy) is 2. The molecule has 3 rings (SSSR count). The number of hydrogen-bond donors (Lipinski definition) is 0. The molecule has 0 amide bonds. The summed E-state index contributed by atoms with van der Waals surface area (Å²) in [5.74, 6) is -2.08. The number of hydrogen-bond acceptors (Lipinski definition) is 3. The van der Waals surface area contributed by atoms with Gasteiger partial charge in [-0.15, -0.1) is 0 Å². The Kier molecular flexibility index (Phi) is 4.55. The van der Waals surface area contributed by atoms with Gasteiger partial charge in [0.15, 0.2) is 11.6 Å². The minimum atomic E-state index is -0.755. The first-order valence-corrected chi connectivity index (χ1v) is 7.45. The molecular formula is C18H16F2O3. The van der Waals surface area contributed by atoms with Crippen molar-refractivity contribution in [3.05, 3.63) is 65.2 Å². The molecule has 0 N–H and O–H groups in total. The van der Waals surface area contributed by atoms with E-state index in [2.05, 4.69) is 0 Å². The van der Waals surface area contributed by atoms with E-state index in [4.69, 9.17) is 9.47 Å². The highest BCUT2D eigenvalue weighted by molar-refractivity contribution is 5.71. The first-order valence-electron chi connectivity index (χ1n) is 7.45. The maximum absolute atomic E-state index is 14.2. The van der Waals surface area contributed by atoms with Crippen LogP contribution in [0.4, 0.5) is 8.78 Å². The van der Waals surface area contributed by atoms with E-state index < -0.39 is 11.6 Å². The van der Waals surface area contributed by atoms with Crippen molar-refractivity contribution in [2.75, 3.05) is 6.61 Å². The highest BCUT2D eigenvalue weighted by atomic mass is 19.1. The maximum atomic E-state index is 14.2. The lowest BCUT2D eigenvalue weighted by Crippen LogP contribution is -2.20. The van der Waals surface area contributed by atoms with Crippen LogP contribution in [-0.2, 0) is 16.1 Å². The summed E-state index contributed by atoms with van der Waals surface area (Å²) < 4.78 is 38.3. The average Bonchev–Trinajstić information content (AvgIpc) is 2.54. The Bertz CT molecular complexity index is 701. The van der Waals surface area contributed by atoms with Crippen molar-refractivity contribution in [2.24, 2.45) is 0 Å². The van der Waals surface area contributed by atoms with E-state index >= 15 is 0 Å². The molecule has 5 heteroatoms. The zero-order valence-corrected chi connectivity index (χ0v) is 12.4. The summed E-state index contributed by atoms with van der Waals surface area (Å²) in [5, 5.41) is 0. The lowest BCUT2D eigenvalue weighted by atomic mass is 9.90. The monoisotopic (exact) mass is 318 g/mol. The summed E-state index contributed by atoms with van der Waals surface area (Å²) in [6.45, 7) is 0.424. The van der Waals surface area contributed by atoms with Crippen LogP contribution in [0.15, 0.2) is 42.5 Å². The summed E-state index contributed by atoms with van der Waals surface area (Å²) in [5.41, 5.74) is 1.26. The second-order valence-electron chi connectivity index (χ2n) is 5.49. The minimum absolute atomic E-state index is 0.00922. The first kappa shape index (κ1) is 15.5. The van der Waals surface area contributed by atoms with Crippen LogP contribution in [0.5, 0.6) is 5.75 Å². The van der Waals surface area contributed by atoms with Crippen molar-refractivity contribution < 1.29 is 23.0 Å². The predicted molar refractivity (Wildman–Crippen MR) is 80.1 cm³/mol. The molecule has 1 saturated heterocycles. The van der Waals surface area contributed by atoms with Gasteiger partial charge in [-0.1, -0.05) is 30.3 Å². The summed E-state index contributed by atoms with van der Waals surface area (Å²) in [6, 6.07) is 11.4. The molecule has 0 radical (unpaired) electrons. The molecule has 2 aromatic carbocycles. The third-order valence-electron chi connectivity index (χ3n) is 3.85. The summed E-state index contributed by atoms with van der Waals surface area (Å²) >= 11 is 0. The first-order chi connectivity index (χ1) is 11.1. The van der Waals surface area contributed by atoms with Gasteiger partial charge >= 0.3 is 5.97 Å². The molecule has 1 heterocycles. The molecule has 1 atom stereocenters. The maximum Gasteiger partial charge on any atom is 0.306 e. The van der Waals surface area contributed by atoms with Crippen molar-refractivity contribution in [3.63, 3.8) is 0 Å². The molecule has 23 heavy (non-hydrogen) atoms. The van der Waals surface area contributed by atoms with Crippen LogP contribution < -0.4 is 4.74 Å². The van der Waals surface area contributed by atoms with Gasteiger partial charge in [0.25, 0.3) is 0 Å². The van der Waals surface area contributed by atoms with Gasteiger partial charge in [-0.25, -0.2) is 8.78 Å². The SMILES string of the molecule is O=C1CC(c2cc(F)cc(F)c2OCc2ccccc2)CCO1. The van der Waals surface area contributed by atoms with Crippen LogP contribution in [-0.4, -0.2) is 12.6 Å². The molecule has 3 nitrogen and oxygen atoms in total. The topological polar surface area (TPSA) is 35.5 Å². The molecule has 1 unspecified atom stereocenters. The van der Waals surface area contributed by atoms with Crippen molar-refractivity contribution in [1.29, 1.82) is 0 Å².